The standard InChI is InChI=1S/C9H17NO/c1-7(2)6-8-4-3-5-9(11)10-8/h7-8H,3-6H2,1-2H3,(H,10,11). The lowest BCUT2D eigenvalue weighted by atomic mass is 9.96. The Morgan fingerprint density at radius 3 is 2.91 bits per heavy atom. The first-order valence-corrected chi connectivity index (χ1v) is 4.48. The average Bonchev–Trinajstić information content (AvgIpc) is 1.85. The maximum Gasteiger partial charge on any atom is 0.220 e. The summed E-state index contributed by atoms with van der Waals surface area (Å²) in [6.45, 7) is 4.39. The van der Waals surface area contributed by atoms with E-state index in [0.717, 1.165) is 19.3 Å². The van der Waals surface area contributed by atoms with Crippen LogP contribution in [0.2, 0.25) is 0 Å². The molecule has 0 bridgehead atoms. The number of carbonyl (C=O) groups excluding carboxylic acids is 1. The zero-order valence-electron chi connectivity index (χ0n) is 7.39. The van der Waals surface area contributed by atoms with Crippen molar-refractivity contribution in [3.8, 4) is 0 Å². The van der Waals surface area contributed by atoms with E-state index in [1.54, 1.807) is 0 Å². The SMILES string of the molecule is CC(C)CC1CCCC(=O)N1. The molecule has 2 heteroatoms. The number of rotatable bonds is 2. The maximum absolute atomic E-state index is 10.9. The Morgan fingerprint density at radius 1 is 1.64 bits per heavy atom. The van der Waals surface area contributed by atoms with Gasteiger partial charge in [0.2, 0.25) is 5.91 Å². The van der Waals surface area contributed by atoms with E-state index >= 15 is 0 Å². The molecule has 1 unspecified atom stereocenters. The zero-order chi connectivity index (χ0) is 8.27. The monoisotopic (exact) mass is 155 g/mol. The highest BCUT2D eigenvalue weighted by Crippen LogP contribution is 2.14. The second kappa shape index (κ2) is 3.74. The molecule has 1 aliphatic rings. The summed E-state index contributed by atoms with van der Waals surface area (Å²) in [7, 11) is 0. The molecule has 1 saturated heterocycles. The second-order valence-corrected chi connectivity index (χ2v) is 3.79. The van der Waals surface area contributed by atoms with Gasteiger partial charge in [-0.15, -0.1) is 0 Å². The molecule has 1 aliphatic heterocycles. The van der Waals surface area contributed by atoms with E-state index in [1.165, 1.54) is 6.42 Å². The zero-order valence-corrected chi connectivity index (χ0v) is 7.39. The number of nitrogens with one attached hydrogen (secondary N) is 1. The van der Waals surface area contributed by atoms with Gasteiger partial charge in [-0.2, -0.15) is 0 Å². The predicted molar refractivity (Wildman–Crippen MR) is 45.2 cm³/mol. The highest BCUT2D eigenvalue weighted by atomic mass is 16.1. The lowest BCUT2D eigenvalue weighted by Gasteiger charge is -2.24. The van der Waals surface area contributed by atoms with Gasteiger partial charge in [0.15, 0.2) is 0 Å². The van der Waals surface area contributed by atoms with Crippen LogP contribution >= 0.6 is 0 Å². The van der Waals surface area contributed by atoms with Crippen LogP contribution in [0.4, 0.5) is 0 Å². The molecule has 0 saturated carbocycles. The molecule has 1 rings (SSSR count). The minimum Gasteiger partial charge on any atom is -0.353 e. The van der Waals surface area contributed by atoms with Gasteiger partial charge in [-0.1, -0.05) is 13.8 Å². The van der Waals surface area contributed by atoms with Gasteiger partial charge in [0.05, 0.1) is 0 Å². The molecule has 0 aromatic rings. The molecular weight excluding hydrogens is 138 g/mol. The Morgan fingerprint density at radius 2 is 2.36 bits per heavy atom. The minimum atomic E-state index is 0.238. The summed E-state index contributed by atoms with van der Waals surface area (Å²) in [6.07, 6.45) is 4.10. The summed E-state index contributed by atoms with van der Waals surface area (Å²) < 4.78 is 0. The fourth-order valence-electron chi connectivity index (χ4n) is 1.63. The Balaban J connectivity index is 2.28. The van der Waals surface area contributed by atoms with E-state index < -0.39 is 0 Å². The van der Waals surface area contributed by atoms with Crippen LogP contribution in [-0.2, 0) is 4.79 Å². The van der Waals surface area contributed by atoms with Crippen LogP contribution in [0, 0.1) is 5.92 Å². The number of carbonyl (C=O) groups is 1. The number of hydrogen-bond donors (Lipinski definition) is 1. The molecule has 1 amide bonds. The van der Waals surface area contributed by atoms with Crippen molar-refractivity contribution in [2.24, 2.45) is 5.92 Å². The topological polar surface area (TPSA) is 29.1 Å². The normalized spacial score (nSPS) is 25.4. The van der Waals surface area contributed by atoms with E-state index in [2.05, 4.69) is 19.2 Å². The third-order valence-electron chi connectivity index (χ3n) is 2.08. The van der Waals surface area contributed by atoms with Crippen molar-refractivity contribution in [1.82, 2.24) is 5.32 Å². The maximum atomic E-state index is 10.9. The van der Waals surface area contributed by atoms with Crippen LogP contribution < -0.4 is 5.32 Å². The Bertz CT molecular complexity index is 142. The van der Waals surface area contributed by atoms with Gasteiger partial charge in [0.25, 0.3) is 0 Å². The van der Waals surface area contributed by atoms with Crippen LogP contribution in [0.25, 0.3) is 0 Å². The van der Waals surface area contributed by atoms with E-state index in [1.807, 2.05) is 0 Å². The smallest absolute Gasteiger partial charge is 0.220 e. The third-order valence-corrected chi connectivity index (χ3v) is 2.08. The summed E-state index contributed by atoms with van der Waals surface area (Å²) in [4.78, 5) is 10.9. The molecule has 11 heavy (non-hydrogen) atoms. The molecule has 2 nitrogen and oxygen atoms in total. The molecule has 1 heterocycles. The van der Waals surface area contributed by atoms with Gasteiger partial charge in [-0.05, 0) is 25.2 Å². The summed E-state index contributed by atoms with van der Waals surface area (Å²) in [5.41, 5.74) is 0. The van der Waals surface area contributed by atoms with Crippen molar-refractivity contribution in [3.05, 3.63) is 0 Å². The van der Waals surface area contributed by atoms with E-state index in [-0.39, 0.29) is 5.91 Å². The van der Waals surface area contributed by atoms with Crippen molar-refractivity contribution in [1.29, 1.82) is 0 Å². The van der Waals surface area contributed by atoms with Crippen molar-refractivity contribution in [2.45, 2.75) is 45.6 Å². The average molecular weight is 155 g/mol. The van der Waals surface area contributed by atoms with Crippen LogP contribution in [-0.4, -0.2) is 11.9 Å². The number of piperidine rings is 1. The van der Waals surface area contributed by atoms with Gasteiger partial charge in [-0.3, -0.25) is 4.79 Å². The Hall–Kier alpha value is -0.530. The van der Waals surface area contributed by atoms with Crippen molar-refractivity contribution >= 4 is 5.91 Å². The summed E-state index contributed by atoms with van der Waals surface area (Å²) >= 11 is 0. The quantitative estimate of drug-likeness (QED) is 0.646. The molecule has 0 aliphatic carbocycles. The highest BCUT2D eigenvalue weighted by Gasteiger charge is 2.18. The Labute approximate surface area is 68.4 Å². The van der Waals surface area contributed by atoms with Gasteiger partial charge in [-0.25, -0.2) is 0 Å². The summed E-state index contributed by atoms with van der Waals surface area (Å²) in [5.74, 6) is 0.931. The van der Waals surface area contributed by atoms with Crippen LogP contribution in [0.5, 0.6) is 0 Å². The van der Waals surface area contributed by atoms with Crippen LogP contribution in [0.15, 0.2) is 0 Å². The fraction of sp³-hybridized carbons (Fsp3) is 0.889. The first-order valence-electron chi connectivity index (χ1n) is 4.48. The van der Waals surface area contributed by atoms with Crippen molar-refractivity contribution < 1.29 is 4.79 Å². The van der Waals surface area contributed by atoms with Crippen LogP contribution in [0.1, 0.15) is 39.5 Å². The molecule has 1 fully saturated rings. The molecule has 0 aromatic heterocycles. The molecule has 1 atom stereocenters. The first-order chi connectivity index (χ1) is 5.18. The lowest BCUT2D eigenvalue weighted by Crippen LogP contribution is -2.39. The van der Waals surface area contributed by atoms with E-state index in [4.69, 9.17) is 0 Å². The molecule has 0 aromatic carbocycles. The van der Waals surface area contributed by atoms with Crippen molar-refractivity contribution in [2.75, 3.05) is 0 Å². The van der Waals surface area contributed by atoms with E-state index in [0.29, 0.717) is 12.0 Å². The van der Waals surface area contributed by atoms with E-state index in [9.17, 15) is 4.79 Å². The number of amides is 1. The third kappa shape index (κ3) is 2.91. The van der Waals surface area contributed by atoms with Crippen molar-refractivity contribution in [3.63, 3.8) is 0 Å². The summed E-state index contributed by atoms with van der Waals surface area (Å²) in [6, 6.07) is 0.455. The highest BCUT2D eigenvalue weighted by molar-refractivity contribution is 5.76. The number of hydrogen-bond acceptors (Lipinski definition) is 1. The van der Waals surface area contributed by atoms with Gasteiger partial charge >= 0.3 is 0 Å². The fourth-order valence-corrected chi connectivity index (χ4v) is 1.63. The Kier molecular flexibility index (Phi) is 2.92. The van der Waals surface area contributed by atoms with Gasteiger partial charge in [0, 0.05) is 12.5 Å². The predicted octanol–water partition coefficient (Wildman–Crippen LogP) is 1.70. The van der Waals surface area contributed by atoms with Gasteiger partial charge in [0.1, 0.15) is 0 Å². The van der Waals surface area contributed by atoms with Crippen LogP contribution in [0.3, 0.4) is 0 Å². The molecule has 64 valence electrons. The largest absolute Gasteiger partial charge is 0.353 e. The molecular formula is C9H17NO. The second-order valence-electron chi connectivity index (χ2n) is 3.79. The summed E-state index contributed by atoms with van der Waals surface area (Å²) in [5, 5.41) is 3.01. The lowest BCUT2D eigenvalue weighted by molar-refractivity contribution is -0.123. The molecule has 0 radical (unpaired) electrons. The molecule has 0 spiro atoms. The molecule has 1 N–H and O–H groups in total. The van der Waals surface area contributed by atoms with Gasteiger partial charge < -0.3 is 5.32 Å². The first kappa shape index (κ1) is 8.57. The minimum absolute atomic E-state index is 0.238.